The second-order valence-electron chi connectivity index (χ2n) is 5.18. The minimum Gasteiger partial charge on any atom is -0.466 e. The summed E-state index contributed by atoms with van der Waals surface area (Å²) >= 11 is 0. The molecule has 106 valence electrons. The summed E-state index contributed by atoms with van der Waals surface area (Å²) in [6, 6.07) is 16.6. The molecule has 0 amide bonds. The van der Waals surface area contributed by atoms with E-state index in [1.807, 2.05) is 25.1 Å². The first-order valence-electron chi connectivity index (χ1n) is 7.27. The second-order valence-corrected chi connectivity index (χ2v) is 5.18. The molecule has 0 aromatic heterocycles. The zero-order valence-corrected chi connectivity index (χ0v) is 12.3. The quantitative estimate of drug-likeness (QED) is 0.524. The Morgan fingerprint density at radius 1 is 0.905 bits per heavy atom. The third kappa shape index (κ3) is 2.38. The van der Waals surface area contributed by atoms with Crippen molar-refractivity contribution in [2.45, 2.75) is 20.3 Å². The average molecular weight is 278 g/mol. The SMILES string of the molecule is CCOC(=O)Cc1c(C)c2ccccc2c2ccccc12. The summed E-state index contributed by atoms with van der Waals surface area (Å²) in [5.74, 6) is -0.166. The Labute approximate surface area is 124 Å². The fourth-order valence-electron chi connectivity index (χ4n) is 2.97. The van der Waals surface area contributed by atoms with E-state index in [2.05, 4.69) is 37.3 Å². The van der Waals surface area contributed by atoms with Crippen LogP contribution in [0.3, 0.4) is 0 Å². The van der Waals surface area contributed by atoms with Crippen LogP contribution in [-0.4, -0.2) is 12.6 Å². The van der Waals surface area contributed by atoms with Crippen molar-refractivity contribution in [1.29, 1.82) is 0 Å². The van der Waals surface area contributed by atoms with E-state index in [4.69, 9.17) is 4.74 Å². The van der Waals surface area contributed by atoms with E-state index >= 15 is 0 Å². The van der Waals surface area contributed by atoms with Crippen LogP contribution in [0.1, 0.15) is 18.1 Å². The van der Waals surface area contributed by atoms with Gasteiger partial charge in [-0.05, 0) is 46.5 Å². The molecule has 0 aliphatic carbocycles. The largest absolute Gasteiger partial charge is 0.466 e. The van der Waals surface area contributed by atoms with Gasteiger partial charge in [-0.3, -0.25) is 4.79 Å². The van der Waals surface area contributed by atoms with Crippen LogP contribution in [0.15, 0.2) is 48.5 Å². The van der Waals surface area contributed by atoms with Crippen LogP contribution < -0.4 is 0 Å². The van der Waals surface area contributed by atoms with Crippen molar-refractivity contribution < 1.29 is 9.53 Å². The van der Waals surface area contributed by atoms with Crippen molar-refractivity contribution in [2.75, 3.05) is 6.61 Å². The van der Waals surface area contributed by atoms with Gasteiger partial charge in [-0.1, -0.05) is 48.5 Å². The molecule has 0 aliphatic heterocycles. The topological polar surface area (TPSA) is 26.3 Å². The van der Waals surface area contributed by atoms with E-state index in [1.165, 1.54) is 16.2 Å². The first-order valence-corrected chi connectivity index (χ1v) is 7.27. The highest BCUT2D eigenvalue weighted by Gasteiger charge is 2.14. The van der Waals surface area contributed by atoms with Gasteiger partial charge in [0.15, 0.2) is 0 Å². The first kappa shape index (κ1) is 13.6. The zero-order chi connectivity index (χ0) is 14.8. The van der Waals surface area contributed by atoms with Gasteiger partial charge in [-0.15, -0.1) is 0 Å². The fourth-order valence-corrected chi connectivity index (χ4v) is 2.97. The predicted octanol–water partition coefficient (Wildman–Crippen LogP) is 4.41. The number of carbonyl (C=O) groups excluding carboxylic acids is 1. The Kier molecular flexibility index (Phi) is 3.61. The van der Waals surface area contributed by atoms with Crippen molar-refractivity contribution >= 4 is 27.5 Å². The molecule has 0 N–H and O–H groups in total. The monoisotopic (exact) mass is 278 g/mol. The summed E-state index contributed by atoms with van der Waals surface area (Å²) in [4.78, 5) is 11.9. The highest BCUT2D eigenvalue weighted by Crippen LogP contribution is 2.32. The molecular weight excluding hydrogens is 260 g/mol. The van der Waals surface area contributed by atoms with Crippen molar-refractivity contribution in [3.8, 4) is 0 Å². The van der Waals surface area contributed by atoms with E-state index in [1.54, 1.807) is 0 Å². The molecule has 0 fully saturated rings. The van der Waals surface area contributed by atoms with Crippen molar-refractivity contribution in [3.05, 3.63) is 59.7 Å². The van der Waals surface area contributed by atoms with E-state index in [9.17, 15) is 4.79 Å². The molecule has 0 bridgehead atoms. The summed E-state index contributed by atoms with van der Waals surface area (Å²) in [5.41, 5.74) is 2.24. The van der Waals surface area contributed by atoms with E-state index in [0.717, 1.165) is 16.5 Å². The number of hydrogen-bond donors (Lipinski definition) is 0. The predicted molar refractivity (Wildman–Crippen MR) is 86.5 cm³/mol. The molecule has 3 aromatic carbocycles. The van der Waals surface area contributed by atoms with Crippen LogP contribution in [0.2, 0.25) is 0 Å². The van der Waals surface area contributed by atoms with Crippen LogP contribution in [0.25, 0.3) is 21.5 Å². The second kappa shape index (κ2) is 5.57. The van der Waals surface area contributed by atoms with Crippen molar-refractivity contribution in [1.82, 2.24) is 0 Å². The lowest BCUT2D eigenvalue weighted by molar-refractivity contribution is -0.142. The number of hydrogen-bond acceptors (Lipinski definition) is 2. The molecule has 0 heterocycles. The molecule has 2 heteroatoms. The van der Waals surface area contributed by atoms with Crippen LogP contribution in [0.4, 0.5) is 0 Å². The van der Waals surface area contributed by atoms with Gasteiger partial charge in [0.2, 0.25) is 0 Å². The van der Waals surface area contributed by atoms with E-state index in [-0.39, 0.29) is 5.97 Å². The molecule has 0 atom stereocenters. The third-order valence-electron chi connectivity index (χ3n) is 3.95. The molecular formula is C19H18O2. The molecule has 3 rings (SSSR count). The Morgan fingerprint density at radius 3 is 2.05 bits per heavy atom. The summed E-state index contributed by atoms with van der Waals surface area (Å²) < 4.78 is 5.12. The lowest BCUT2D eigenvalue weighted by Crippen LogP contribution is -2.09. The van der Waals surface area contributed by atoms with Gasteiger partial charge in [0, 0.05) is 0 Å². The van der Waals surface area contributed by atoms with E-state index in [0.29, 0.717) is 13.0 Å². The highest BCUT2D eigenvalue weighted by molar-refractivity contribution is 6.11. The maximum atomic E-state index is 11.9. The molecule has 0 radical (unpaired) electrons. The minimum atomic E-state index is -0.166. The molecule has 21 heavy (non-hydrogen) atoms. The lowest BCUT2D eigenvalue weighted by Gasteiger charge is -2.14. The van der Waals surface area contributed by atoms with Crippen LogP contribution in [0.5, 0.6) is 0 Å². The molecule has 0 unspecified atom stereocenters. The summed E-state index contributed by atoms with van der Waals surface area (Å²) in [5, 5.41) is 4.77. The maximum absolute atomic E-state index is 11.9. The number of fused-ring (bicyclic) bond motifs is 3. The number of rotatable bonds is 3. The molecule has 0 spiro atoms. The standard InChI is InChI=1S/C19H18O2/c1-3-21-19(20)12-18-13(2)14-8-4-5-9-15(14)16-10-6-7-11-17(16)18/h4-11H,3,12H2,1-2H3. The number of ether oxygens (including phenoxy) is 1. The summed E-state index contributed by atoms with van der Waals surface area (Å²) in [6.07, 6.45) is 0.324. The summed E-state index contributed by atoms with van der Waals surface area (Å²) in [7, 11) is 0. The van der Waals surface area contributed by atoms with Crippen molar-refractivity contribution in [2.24, 2.45) is 0 Å². The molecule has 0 saturated carbocycles. The van der Waals surface area contributed by atoms with Gasteiger partial charge in [0.1, 0.15) is 0 Å². The number of aryl methyl sites for hydroxylation is 1. The fraction of sp³-hybridized carbons (Fsp3) is 0.211. The number of esters is 1. The lowest BCUT2D eigenvalue weighted by atomic mass is 9.91. The maximum Gasteiger partial charge on any atom is 0.310 e. The van der Waals surface area contributed by atoms with Crippen molar-refractivity contribution in [3.63, 3.8) is 0 Å². The Bertz CT molecular complexity index is 818. The highest BCUT2D eigenvalue weighted by atomic mass is 16.5. The molecule has 0 saturated heterocycles. The van der Waals surface area contributed by atoms with Crippen LogP contribution in [0, 0.1) is 6.92 Å². The van der Waals surface area contributed by atoms with Gasteiger partial charge in [-0.2, -0.15) is 0 Å². The smallest absolute Gasteiger partial charge is 0.310 e. The van der Waals surface area contributed by atoms with Crippen LogP contribution >= 0.6 is 0 Å². The minimum absolute atomic E-state index is 0.166. The van der Waals surface area contributed by atoms with Gasteiger partial charge in [0.25, 0.3) is 0 Å². The first-order chi connectivity index (χ1) is 10.2. The third-order valence-corrected chi connectivity index (χ3v) is 3.95. The van der Waals surface area contributed by atoms with Gasteiger partial charge in [-0.25, -0.2) is 0 Å². The Morgan fingerprint density at radius 2 is 1.43 bits per heavy atom. The normalized spacial score (nSPS) is 11.0. The number of benzene rings is 3. The summed E-state index contributed by atoms with van der Waals surface area (Å²) in [6.45, 7) is 4.34. The van der Waals surface area contributed by atoms with Gasteiger partial charge in [0.05, 0.1) is 13.0 Å². The molecule has 2 nitrogen and oxygen atoms in total. The molecule has 3 aromatic rings. The van der Waals surface area contributed by atoms with Crippen LogP contribution in [-0.2, 0) is 16.0 Å². The van der Waals surface area contributed by atoms with Gasteiger partial charge < -0.3 is 4.74 Å². The van der Waals surface area contributed by atoms with Gasteiger partial charge >= 0.3 is 5.97 Å². The zero-order valence-electron chi connectivity index (χ0n) is 12.3. The Balaban J connectivity index is 2.30. The van der Waals surface area contributed by atoms with E-state index < -0.39 is 0 Å². The average Bonchev–Trinajstić information content (AvgIpc) is 2.52. The Hall–Kier alpha value is -2.35. The number of carbonyl (C=O) groups is 1. The molecule has 0 aliphatic rings.